The van der Waals surface area contributed by atoms with Crippen LogP contribution in [0.3, 0.4) is 0 Å². The molecule has 0 aromatic rings. The summed E-state index contributed by atoms with van der Waals surface area (Å²) in [5.41, 5.74) is 0. The first-order valence-corrected chi connectivity index (χ1v) is 34.7. The van der Waals surface area contributed by atoms with Crippen molar-refractivity contribution >= 4 is 11.9 Å². The molecule has 0 saturated heterocycles. The molecular weight excluding hydrogens is 1000 g/mol. The first-order valence-electron chi connectivity index (χ1n) is 34.7. The van der Waals surface area contributed by atoms with Crippen molar-refractivity contribution < 1.29 is 24.2 Å². The molecule has 0 saturated carbocycles. The van der Waals surface area contributed by atoms with Gasteiger partial charge in [0.25, 0.3) is 0 Å². The van der Waals surface area contributed by atoms with Crippen LogP contribution in [-0.2, 0) is 19.1 Å². The number of carbonyl (C=O) groups is 2. The van der Waals surface area contributed by atoms with Crippen molar-refractivity contribution in [2.24, 2.45) is 0 Å². The van der Waals surface area contributed by atoms with E-state index in [4.69, 9.17) is 9.47 Å². The number of hydrogen-bond donors (Lipinski definition) is 1. The van der Waals surface area contributed by atoms with Crippen LogP contribution in [0, 0.1) is 0 Å². The van der Waals surface area contributed by atoms with Crippen LogP contribution in [0.4, 0.5) is 0 Å². The number of hydrogen-bond acceptors (Lipinski definition) is 5. The third-order valence-corrected chi connectivity index (χ3v) is 14.9. The normalized spacial score (nSPS) is 13.1. The van der Waals surface area contributed by atoms with Gasteiger partial charge in [-0.25, -0.2) is 0 Å². The highest BCUT2D eigenvalue weighted by Crippen LogP contribution is 2.17. The molecule has 0 radical (unpaired) electrons. The molecule has 0 fully saturated rings. The number of carbonyl (C=O) groups excluding carboxylic acids is 2. The maximum Gasteiger partial charge on any atom is 0.306 e. The lowest BCUT2D eigenvalue weighted by atomic mass is 10.0. The molecule has 468 valence electrons. The van der Waals surface area contributed by atoms with Crippen molar-refractivity contribution in [2.45, 2.75) is 328 Å². The van der Waals surface area contributed by atoms with E-state index >= 15 is 0 Å². The van der Waals surface area contributed by atoms with Gasteiger partial charge in [0.1, 0.15) is 6.61 Å². The number of rotatable bonds is 63. The van der Waals surface area contributed by atoms with Crippen LogP contribution in [0.25, 0.3) is 0 Å². The minimum Gasteiger partial charge on any atom is -0.462 e. The summed E-state index contributed by atoms with van der Waals surface area (Å²) in [7, 11) is 0. The highest BCUT2D eigenvalue weighted by Gasteiger charge is 2.16. The first kappa shape index (κ1) is 78.0. The third kappa shape index (κ3) is 68.5. The molecule has 0 aliphatic rings. The Kier molecular flexibility index (Phi) is 67.9. The van der Waals surface area contributed by atoms with Crippen molar-refractivity contribution in [1.29, 1.82) is 0 Å². The predicted octanol–water partition coefficient (Wildman–Crippen LogP) is 24.3. The minimum absolute atomic E-state index is 0.0688. The molecule has 0 bridgehead atoms. The van der Waals surface area contributed by atoms with Crippen LogP contribution < -0.4 is 0 Å². The van der Waals surface area contributed by atoms with Crippen molar-refractivity contribution in [3.05, 3.63) is 134 Å². The SMILES string of the molecule is CC/C=C\C/C=C\C/C=C\C/C=C\C/C=C\C/C=C\CCCCCCCCCCCCCCCCCCCCCCC(=O)OC(CO)COC(=O)CCCCCCCCCCCCCCC/C=C\C/C=C\C/C=C\C/C=C\C/C=C\CC. The van der Waals surface area contributed by atoms with Gasteiger partial charge in [-0.3, -0.25) is 9.59 Å². The molecule has 0 heterocycles. The Hall–Kier alpha value is -3.96. The van der Waals surface area contributed by atoms with Gasteiger partial charge in [0, 0.05) is 12.8 Å². The summed E-state index contributed by atoms with van der Waals surface area (Å²) < 4.78 is 10.8. The number of allylic oxidation sites excluding steroid dienone is 22. The minimum atomic E-state index is -0.779. The fourth-order valence-corrected chi connectivity index (χ4v) is 9.82. The second-order valence-corrected chi connectivity index (χ2v) is 22.8. The molecule has 0 rings (SSSR count). The van der Waals surface area contributed by atoms with E-state index in [-0.39, 0.29) is 25.2 Å². The molecule has 1 N–H and O–H groups in total. The lowest BCUT2D eigenvalue weighted by Gasteiger charge is -2.15. The van der Waals surface area contributed by atoms with E-state index in [1.165, 1.54) is 186 Å². The molecule has 5 heteroatoms. The second kappa shape index (κ2) is 71.3. The fourth-order valence-electron chi connectivity index (χ4n) is 9.82. The van der Waals surface area contributed by atoms with E-state index in [1.807, 2.05) is 0 Å². The Morgan fingerprint density at radius 2 is 0.488 bits per heavy atom. The number of ether oxygens (including phenoxy) is 2. The van der Waals surface area contributed by atoms with Crippen molar-refractivity contribution in [2.75, 3.05) is 13.2 Å². The van der Waals surface area contributed by atoms with Gasteiger partial charge < -0.3 is 14.6 Å². The van der Waals surface area contributed by atoms with Crippen LogP contribution in [0.15, 0.2) is 134 Å². The Morgan fingerprint density at radius 1 is 0.280 bits per heavy atom. The van der Waals surface area contributed by atoms with Gasteiger partial charge >= 0.3 is 11.9 Å². The summed E-state index contributed by atoms with van der Waals surface area (Å²) in [6, 6.07) is 0. The number of unbranched alkanes of at least 4 members (excludes halogenated alkanes) is 33. The molecule has 0 aliphatic heterocycles. The van der Waals surface area contributed by atoms with Gasteiger partial charge in [0.05, 0.1) is 6.61 Å². The highest BCUT2D eigenvalue weighted by molar-refractivity contribution is 5.70. The Labute approximate surface area is 508 Å². The van der Waals surface area contributed by atoms with Gasteiger partial charge in [0.2, 0.25) is 0 Å². The third-order valence-electron chi connectivity index (χ3n) is 14.9. The van der Waals surface area contributed by atoms with Gasteiger partial charge in [-0.1, -0.05) is 334 Å². The molecule has 1 atom stereocenters. The Morgan fingerprint density at radius 3 is 0.732 bits per heavy atom. The molecule has 0 amide bonds. The lowest BCUT2D eigenvalue weighted by Crippen LogP contribution is -2.28. The van der Waals surface area contributed by atoms with Crippen molar-refractivity contribution in [3.8, 4) is 0 Å². The lowest BCUT2D eigenvalue weighted by molar-refractivity contribution is -0.161. The quantitative estimate of drug-likeness (QED) is 0.0373. The van der Waals surface area contributed by atoms with Gasteiger partial charge in [-0.15, -0.1) is 0 Å². The monoisotopic (exact) mass is 1130 g/mol. The maximum absolute atomic E-state index is 12.4. The van der Waals surface area contributed by atoms with E-state index in [2.05, 4.69) is 148 Å². The van der Waals surface area contributed by atoms with Crippen LogP contribution in [0.2, 0.25) is 0 Å². The summed E-state index contributed by atoms with van der Waals surface area (Å²) >= 11 is 0. The summed E-state index contributed by atoms with van der Waals surface area (Å²) in [6.07, 6.45) is 106. The largest absolute Gasteiger partial charge is 0.462 e. The van der Waals surface area contributed by atoms with E-state index in [0.29, 0.717) is 12.8 Å². The standard InChI is InChI=1S/C77H130O5/c1-3-5-7-9-11-13-15-17-19-21-23-25-27-29-31-33-34-35-36-37-38-39-40-41-42-44-46-48-50-52-54-56-58-60-62-64-66-68-70-72-77(80)82-75(73-78)74-81-76(79)71-69-67-65-63-61-59-57-55-53-51-49-47-45-43-32-30-28-26-24-22-20-18-16-14-12-10-8-6-4-2/h5-8,11-14,17-20,23-26,29-32,34-35,75,78H,3-4,9-10,15-16,21-22,27-28,33,36-74H2,1-2H3/b7-5-,8-6-,13-11-,14-12-,19-17-,20-18-,25-23-,26-24-,31-29-,32-30-,35-34-. The van der Waals surface area contributed by atoms with Gasteiger partial charge in [-0.05, 0) is 109 Å². The summed E-state index contributed by atoms with van der Waals surface area (Å²) in [6.45, 7) is 3.94. The zero-order chi connectivity index (χ0) is 59.1. The fraction of sp³-hybridized carbons (Fsp3) is 0.688. The maximum atomic E-state index is 12.4. The summed E-state index contributed by atoms with van der Waals surface area (Å²) in [5.74, 6) is -0.584. The molecular formula is C77H130O5. The van der Waals surface area contributed by atoms with Gasteiger partial charge in [0.15, 0.2) is 6.10 Å². The molecule has 0 aromatic carbocycles. The summed E-state index contributed by atoms with van der Waals surface area (Å²) in [5, 5.41) is 9.70. The number of aliphatic hydroxyl groups excluding tert-OH is 1. The van der Waals surface area contributed by atoms with Crippen LogP contribution >= 0.6 is 0 Å². The van der Waals surface area contributed by atoms with Crippen LogP contribution in [0.1, 0.15) is 322 Å². The van der Waals surface area contributed by atoms with Crippen LogP contribution in [-0.4, -0.2) is 36.4 Å². The molecule has 0 spiro atoms. The molecule has 5 nitrogen and oxygen atoms in total. The number of esters is 2. The van der Waals surface area contributed by atoms with E-state index < -0.39 is 6.10 Å². The average molecular weight is 1140 g/mol. The predicted molar refractivity (Wildman–Crippen MR) is 361 cm³/mol. The average Bonchev–Trinajstić information content (AvgIpc) is 3.49. The Bertz CT molecular complexity index is 1670. The van der Waals surface area contributed by atoms with Crippen molar-refractivity contribution in [1.82, 2.24) is 0 Å². The van der Waals surface area contributed by atoms with Crippen molar-refractivity contribution in [3.63, 3.8) is 0 Å². The zero-order valence-corrected chi connectivity index (χ0v) is 53.7. The molecule has 1 unspecified atom stereocenters. The first-order chi connectivity index (χ1) is 40.6. The topological polar surface area (TPSA) is 72.8 Å². The highest BCUT2D eigenvalue weighted by atomic mass is 16.6. The van der Waals surface area contributed by atoms with Crippen LogP contribution in [0.5, 0.6) is 0 Å². The molecule has 82 heavy (non-hydrogen) atoms. The molecule has 0 aromatic heterocycles. The second-order valence-electron chi connectivity index (χ2n) is 22.8. The molecule has 0 aliphatic carbocycles. The Balaban J connectivity index is 3.46. The summed E-state index contributed by atoms with van der Waals surface area (Å²) in [4.78, 5) is 24.7. The number of aliphatic hydroxyl groups is 1. The van der Waals surface area contributed by atoms with Gasteiger partial charge in [-0.2, -0.15) is 0 Å². The van der Waals surface area contributed by atoms with E-state index in [0.717, 1.165) is 109 Å². The van der Waals surface area contributed by atoms with E-state index in [9.17, 15) is 14.7 Å². The smallest absolute Gasteiger partial charge is 0.306 e. The van der Waals surface area contributed by atoms with E-state index in [1.54, 1.807) is 0 Å². The zero-order valence-electron chi connectivity index (χ0n) is 53.7.